The molecule has 1 aromatic heterocycles. The van der Waals surface area contributed by atoms with Gasteiger partial charge in [0, 0.05) is 26.2 Å². The van der Waals surface area contributed by atoms with Crippen LogP contribution in [0.2, 0.25) is 0 Å². The molecule has 0 bridgehead atoms. The summed E-state index contributed by atoms with van der Waals surface area (Å²) in [5, 5.41) is 12.2. The van der Waals surface area contributed by atoms with Gasteiger partial charge < -0.3 is 14.8 Å². The van der Waals surface area contributed by atoms with Crippen molar-refractivity contribution < 1.29 is 22.7 Å². The van der Waals surface area contributed by atoms with Crippen molar-refractivity contribution in [3.63, 3.8) is 0 Å². The highest BCUT2D eigenvalue weighted by atomic mass is 32.2. The van der Waals surface area contributed by atoms with E-state index in [-0.39, 0.29) is 22.0 Å². The summed E-state index contributed by atoms with van der Waals surface area (Å²) in [6, 6.07) is 0. The Morgan fingerprint density at radius 3 is 2.37 bits per heavy atom. The van der Waals surface area contributed by atoms with Gasteiger partial charge in [0.1, 0.15) is 22.0 Å². The Labute approximate surface area is 111 Å². The molecule has 0 radical (unpaired) electrons. The highest BCUT2D eigenvalue weighted by molar-refractivity contribution is 7.89. The lowest BCUT2D eigenvalue weighted by Crippen LogP contribution is -2.46. The second-order valence-corrected chi connectivity index (χ2v) is 6.25. The standard InChI is InChI=1S/C11H16N2O5S/c1-7-9(11(14)15)10(8(2)18-7)19(16,17)13-5-3-12-4-6-13/h12H,3-6H2,1-2H3,(H,14,15). The molecular weight excluding hydrogens is 272 g/mol. The zero-order valence-electron chi connectivity index (χ0n) is 10.8. The maximum Gasteiger partial charge on any atom is 0.340 e. The molecule has 2 heterocycles. The normalized spacial score (nSPS) is 17.6. The number of carbonyl (C=O) groups is 1. The lowest BCUT2D eigenvalue weighted by molar-refractivity contribution is 0.0691. The molecule has 0 spiro atoms. The van der Waals surface area contributed by atoms with Crippen molar-refractivity contribution in [3.8, 4) is 0 Å². The summed E-state index contributed by atoms with van der Waals surface area (Å²) in [6.07, 6.45) is 0. The van der Waals surface area contributed by atoms with Gasteiger partial charge in [-0.3, -0.25) is 0 Å². The van der Waals surface area contributed by atoms with Crippen LogP contribution in [0.3, 0.4) is 0 Å². The summed E-state index contributed by atoms with van der Waals surface area (Å²) >= 11 is 0. The minimum Gasteiger partial charge on any atom is -0.478 e. The van der Waals surface area contributed by atoms with E-state index < -0.39 is 16.0 Å². The number of rotatable bonds is 3. The molecule has 106 valence electrons. The van der Waals surface area contributed by atoms with Crippen LogP contribution in [0.1, 0.15) is 21.9 Å². The molecule has 0 unspecified atom stereocenters. The third kappa shape index (κ3) is 2.38. The van der Waals surface area contributed by atoms with E-state index in [1.165, 1.54) is 18.2 Å². The van der Waals surface area contributed by atoms with Crippen molar-refractivity contribution in [2.24, 2.45) is 0 Å². The van der Waals surface area contributed by atoms with Crippen LogP contribution in [0.15, 0.2) is 9.31 Å². The fraction of sp³-hybridized carbons (Fsp3) is 0.545. The summed E-state index contributed by atoms with van der Waals surface area (Å²) in [5.41, 5.74) is -0.268. The highest BCUT2D eigenvalue weighted by Crippen LogP contribution is 2.29. The van der Waals surface area contributed by atoms with Crippen molar-refractivity contribution in [3.05, 3.63) is 17.1 Å². The van der Waals surface area contributed by atoms with Crippen molar-refractivity contribution in [1.82, 2.24) is 9.62 Å². The van der Waals surface area contributed by atoms with Gasteiger partial charge in [-0.25, -0.2) is 13.2 Å². The number of nitrogens with zero attached hydrogens (tertiary/aromatic N) is 1. The first kappa shape index (κ1) is 14.0. The average Bonchev–Trinajstić information content (AvgIpc) is 2.66. The van der Waals surface area contributed by atoms with Crippen LogP contribution in [-0.4, -0.2) is 50.0 Å². The number of carboxylic acids is 1. The fourth-order valence-corrected chi connectivity index (χ4v) is 4.05. The molecule has 0 saturated carbocycles. The number of hydrogen-bond donors (Lipinski definition) is 2. The number of hydrogen-bond acceptors (Lipinski definition) is 5. The molecule has 0 atom stereocenters. The molecule has 1 aliphatic rings. The Kier molecular flexibility index (Phi) is 3.66. The van der Waals surface area contributed by atoms with Gasteiger partial charge in [0.15, 0.2) is 0 Å². The van der Waals surface area contributed by atoms with Crippen LogP contribution in [0.5, 0.6) is 0 Å². The second-order valence-electron chi connectivity index (χ2n) is 4.38. The van der Waals surface area contributed by atoms with Gasteiger partial charge >= 0.3 is 5.97 Å². The zero-order chi connectivity index (χ0) is 14.2. The van der Waals surface area contributed by atoms with E-state index in [2.05, 4.69) is 5.32 Å². The van der Waals surface area contributed by atoms with Crippen molar-refractivity contribution in [2.75, 3.05) is 26.2 Å². The Morgan fingerprint density at radius 2 is 1.84 bits per heavy atom. The summed E-state index contributed by atoms with van der Waals surface area (Å²) in [7, 11) is -3.83. The minimum absolute atomic E-state index is 0.110. The van der Waals surface area contributed by atoms with Gasteiger partial charge in [-0.1, -0.05) is 0 Å². The lowest BCUT2D eigenvalue weighted by atomic mass is 10.2. The topological polar surface area (TPSA) is 99.9 Å². The molecule has 1 aromatic rings. The number of aryl methyl sites for hydroxylation is 2. The van der Waals surface area contributed by atoms with Gasteiger partial charge in [0.2, 0.25) is 10.0 Å². The fourth-order valence-electron chi connectivity index (χ4n) is 2.24. The molecule has 8 heteroatoms. The zero-order valence-corrected chi connectivity index (χ0v) is 11.6. The van der Waals surface area contributed by atoms with Gasteiger partial charge in [0.25, 0.3) is 0 Å². The van der Waals surface area contributed by atoms with E-state index in [9.17, 15) is 13.2 Å². The van der Waals surface area contributed by atoms with Crippen LogP contribution < -0.4 is 5.32 Å². The predicted octanol–water partition coefficient (Wildman–Crippen LogP) is 0.189. The largest absolute Gasteiger partial charge is 0.478 e. The number of piperazine rings is 1. The molecule has 2 rings (SSSR count). The average molecular weight is 288 g/mol. The second kappa shape index (κ2) is 4.95. The highest BCUT2D eigenvalue weighted by Gasteiger charge is 2.35. The van der Waals surface area contributed by atoms with Gasteiger partial charge in [-0.2, -0.15) is 4.31 Å². The lowest BCUT2D eigenvalue weighted by Gasteiger charge is -2.26. The minimum atomic E-state index is -3.83. The molecule has 1 aliphatic heterocycles. The SMILES string of the molecule is Cc1oc(C)c(S(=O)(=O)N2CCNCC2)c1C(=O)O. The summed E-state index contributed by atoms with van der Waals surface area (Å²) < 4.78 is 31.5. The summed E-state index contributed by atoms with van der Waals surface area (Å²) in [5.74, 6) is -1.06. The first-order chi connectivity index (χ1) is 8.85. The molecule has 0 aromatic carbocycles. The number of carboxylic acid groups (broad SMARTS) is 1. The third-order valence-electron chi connectivity index (χ3n) is 3.09. The van der Waals surface area contributed by atoms with E-state index in [0.29, 0.717) is 26.2 Å². The quantitative estimate of drug-likeness (QED) is 0.823. The number of furan rings is 1. The predicted molar refractivity (Wildman–Crippen MR) is 66.8 cm³/mol. The van der Waals surface area contributed by atoms with Crippen LogP contribution >= 0.6 is 0 Å². The number of sulfonamides is 1. The van der Waals surface area contributed by atoms with E-state index in [0.717, 1.165) is 0 Å². The molecule has 1 fully saturated rings. The molecule has 0 amide bonds. The maximum absolute atomic E-state index is 12.5. The molecule has 1 saturated heterocycles. The number of aromatic carboxylic acids is 1. The van der Waals surface area contributed by atoms with E-state index >= 15 is 0 Å². The molecule has 0 aliphatic carbocycles. The molecule has 2 N–H and O–H groups in total. The van der Waals surface area contributed by atoms with Crippen LogP contribution in [-0.2, 0) is 10.0 Å². The van der Waals surface area contributed by atoms with E-state index in [1.54, 1.807) is 0 Å². The van der Waals surface area contributed by atoms with Gasteiger partial charge in [-0.15, -0.1) is 0 Å². The van der Waals surface area contributed by atoms with Crippen molar-refractivity contribution in [2.45, 2.75) is 18.7 Å². The van der Waals surface area contributed by atoms with E-state index in [1.807, 2.05) is 0 Å². The van der Waals surface area contributed by atoms with E-state index in [4.69, 9.17) is 9.52 Å². The smallest absolute Gasteiger partial charge is 0.340 e. The third-order valence-corrected chi connectivity index (χ3v) is 5.15. The van der Waals surface area contributed by atoms with Gasteiger partial charge in [-0.05, 0) is 13.8 Å². The molecule has 7 nitrogen and oxygen atoms in total. The molecule has 19 heavy (non-hydrogen) atoms. The summed E-state index contributed by atoms with van der Waals surface area (Å²) in [6.45, 7) is 4.67. The first-order valence-electron chi connectivity index (χ1n) is 5.90. The first-order valence-corrected chi connectivity index (χ1v) is 7.34. The van der Waals surface area contributed by atoms with Crippen molar-refractivity contribution in [1.29, 1.82) is 0 Å². The Hall–Kier alpha value is -1.38. The molecular formula is C11H16N2O5S. The Bertz CT molecular complexity index is 599. The number of nitrogens with one attached hydrogen (secondary N) is 1. The van der Waals surface area contributed by atoms with Crippen molar-refractivity contribution >= 4 is 16.0 Å². The monoisotopic (exact) mass is 288 g/mol. The Balaban J connectivity index is 2.54. The summed E-state index contributed by atoms with van der Waals surface area (Å²) in [4.78, 5) is 11.0. The maximum atomic E-state index is 12.5. The van der Waals surface area contributed by atoms with Crippen LogP contribution in [0.4, 0.5) is 0 Å². The Morgan fingerprint density at radius 1 is 1.26 bits per heavy atom. The van der Waals surface area contributed by atoms with Crippen LogP contribution in [0, 0.1) is 13.8 Å². The van der Waals surface area contributed by atoms with Crippen LogP contribution in [0.25, 0.3) is 0 Å². The van der Waals surface area contributed by atoms with Gasteiger partial charge in [0.05, 0.1) is 0 Å².